The third kappa shape index (κ3) is 4.49. The summed E-state index contributed by atoms with van der Waals surface area (Å²) in [6.45, 7) is 4.07. The number of hydrogen-bond donors (Lipinski definition) is 2. The molecule has 0 aromatic heterocycles. The third-order valence-corrected chi connectivity index (χ3v) is 3.43. The molecule has 1 amide bonds. The van der Waals surface area contributed by atoms with Crippen LogP contribution < -0.4 is 5.32 Å². The fourth-order valence-electron chi connectivity index (χ4n) is 2.04. The Hall–Kier alpha value is -0.610. The third-order valence-electron chi connectivity index (χ3n) is 3.43. The van der Waals surface area contributed by atoms with Crippen molar-refractivity contribution in [3.63, 3.8) is 0 Å². The van der Waals surface area contributed by atoms with Gasteiger partial charge in [0, 0.05) is 13.6 Å². The Morgan fingerprint density at radius 1 is 1.38 bits per heavy atom. The fraction of sp³-hybridized carbons (Fsp3) is 0.917. The highest BCUT2D eigenvalue weighted by molar-refractivity contribution is 5.77. The van der Waals surface area contributed by atoms with Gasteiger partial charge in [-0.25, -0.2) is 0 Å². The van der Waals surface area contributed by atoms with Crippen LogP contribution in [0.15, 0.2) is 0 Å². The molecule has 4 nitrogen and oxygen atoms in total. The molecule has 1 saturated carbocycles. The number of nitrogens with zero attached hydrogens (tertiary/aromatic N) is 1. The summed E-state index contributed by atoms with van der Waals surface area (Å²) in [5, 5.41) is 12.6. The first-order valence-corrected chi connectivity index (χ1v) is 6.26. The van der Waals surface area contributed by atoms with Gasteiger partial charge < -0.3 is 15.3 Å². The van der Waals surface area contributed by atoms with Crippen LogP contribution in [0.25, 0.3) is 0 Å². The van der Waals surface area contributed by atoms with Gasteiger partial charge in [-0.05, 0) is 45.1 Å². The van der Waals surface area contributed by atoms with Crippen LogP contribution in [0, 0.1) is 5.92 Å². The lowest BCUT2D eigenvalue weighted by Crippen LogP contribution is -2.37. The van der Waals surface area contributed by atoms with E-state index in [1.54, 1.807) is 4.90 Å². The summed E-state index contributed by atoms with van der Waals surface area (Å²) in [6.07, 6.45) is 3.88. The number of carbonyl (C=O) groups is 1. The molecule has 0 aromatic carbocycles. The van der Waals surface area contributed by atoms with Gasteiger partial charge in [0.25, 0.3) is 0 Å². The zero-order chi connectivity index (χ0) is 12.0. The number of likely N-dealkylation sites (N-methyl/N-ethyl adjacent to an activating group) is 1. The number of hydrogen-bond acceptors (Lipinski definition) is 3. The molecule has 0 aliphatic heterocycles. The van der Waals surface area contributed by atoms with Gasteiger partial charge in [-0.2, -0.15) is 0 Å². The van der Waals surface area contributed by atoms with E-state index < -0.39 is 0 Å². The molecule has 0 spiro atoms. The minimum absolute atomic E-state index is 0.0934. The molecule has 0 heterocycles. The van der Waals surface area contributed by atoms with Crippen LogP contribution in [0.3, 0.4) is 0 Å². The van der Waals surface area contributed by atoms with E-state index >= 15 is 0 Å². The van der Waals surface area contributed by atoms with E-state index in [-0.39, 0.29) is 12.0 Å². The standard InChI is InChI=1S/C12H24N2O2/c1-3-14(2)12(16)9-13-8-10-4-6-11(15)7-5-10/h10-11,13,15H,3-9H2,1-2H3. The Bertz CT molecular complexity index is 213. The largest absolute Gasteiger partial charge is 0.393 e. The second-order valence-electron chi connectivity index (χ2n) is 4.71. The number of nitrogens with one attached hydrogen (secondary N) is 1. The fourth-order valence-corrected chi connectivity index (χ4v) is 2.04. The molecule has 0 bridgehead atoms. The topological polar surface area (TPSA) is 52.6 Å². The quantitative estimate of drug-likeness (QED) is 0.725. The molecule has 1 rings (SSSR count). The summed E-state index contributed by atoms with van der Waals surface area (Å²) in [5.41, 5.74) is 0. The van der Waals surface area contributed by atoms with E-state index in [2.05, 4.69) is 5.32 Å². The Morgan fingerprint density at radius 2 is 2.00 bits per heavy atom. The Morgan fingerprint density at radius 3 is 2.56 bits per heavy atom. The van der Waals surface area contributed by atoms with Gasteiger partial charge in [0.1, 0.15) is 0 Å². The van der Waals surface area contributed by atoms with E-state index in [1.165, 1.54) is 0 Å². The Balaban J connectivity index is 2.09. The lowest BCUT2D eigenvalue weighted by atomic mass is 9.87. The van der Waals surface area contributed by atoms with Gasteiger partial charge in [-0.3, -0.25) is 4.79 Å². The Kier molecular flexibility index (Phi) is 5.77. The first-order valence-electron chi connectivity index (χ1n) is 6.26. The number of rotatable bonds is 5. The molecule has 1 fully saturated rings. The van der Waals surface area contributed by atoms with E-state index in [0.717, 1.165) is 38.8 Å². The van der Waals surface area contributed by atoms with Crippen LogP contribution in [-0.4, -0.2) is 48.7 Å². The van der Waals surface area contributed by atoms with Crippen LogP contribution in [0.5, 0.6) is 0 Å². The minimum atomic E-state index is -0.0934. The van der Waals surface area contributed by atoms with Gasteiger partial charge in [-0.1, -0.05) is 0 Å². The van der Waals surface area contributed by atoms with E-state index in [9.17, 15) is 9.90 Å². The molecule has 0 unspecified atom stereocenters. The molecule has 0 atom stereocenters. The molecule has 94 valence electrons. The molecular weight excluding hydrogens is 204 g/mol. The van der Waals surface area contributed by atoms with Gasteiger partial charge in [-0.15, -0.1) is 0 Å². The smallest absolute Gasteiger partial charge is 0.236 e. The second kappa shape index (κ2) is 6.86. The number of carbonyl (C=O) groups excluding carboxylic acids is 1. The van der Waals surface area contributed by atoms with Gasteiger partial charge >= 0.3 is 0 Å². The molecule has 0 radical (unpaired) electrons. The average Bonchev–Trinajstić information content (AvgIpc) is 2.30. The summed E-state index contributed by atoms with van der Waals surface area (Å²) in [4.78, 5) is 13.2. The zero-order valence-electron chi connectivity index (χ0n) is 10.4. The van der Waals surface area contributed by atoms with Crippen LogP contribution in [0.1, 0.15) is 32.6 Å². The lowest BCUT2D eigenvalue weighted by molar-refractivity contribution is -0.128. The molecule has 0 saturated heterocycles. The van der Waals surface area contributed by atoms with E-state index in [1.807, 2.05) is 14.0 Å². The maximum absolute atomic E-state index is 11.5. The monoisotopic (exact) mass is 228 g/mol. The first-order chi connectivity index (χ1) is 7.63. The molecule has 2 N–H and O–H groups in total. The van der Waals surface area contributed by atoms with Crippen molar-refractivity contribution < 1.29 is 9.90 Å². The number of aliphatic hydroxyl groups excluding tert-OH is 1. The van der Waals surface area contributed by atoms with Gasteiger partial charge in [0.2, 0.25) is 5.91 Å². The highest BCUT2D eigenvalue weighted by Crippen LogP contribution is 2.23. The highest BCUT2D eigenvalue weighted by Gasteiger charge is 2.19. The summed E-state index contributed by atoms with van der Waals surface area (Å²) < 4.78 is 0. The van der Waals surface area contributed by atoms with Crippen molar-refractivity contribution in [1.82, 2.24) is 10.2 Å². The van der Waals surface area contributed by atoms with Crippen LogP contribution in [0.2, 0.25) is 0 Å². The van der Waals surface area contributed by atoms with Crippen LogP contribution >= 0.6 is 0 Å². The maximum Gasteiger partial charge on any atom is 0.236 e. The predicted molar refractivity (Wildman–Crippen MR) is 64.1 cm³/mol. The van der Waals surface area contributed by atoms with Crippen molar-refractivity contribution in [2.24, 2.45) is 5.92 Å². The van der Waals surface area contributed by atoms with E-state index in [4.69, 9.17) is 0 Å². The molecule has 16 heavy (non-hydrogen) atoms. The predicted octanol–water partition coefficient (Wildman–Crippen LogP) is 0.605. The molecule has 1 aliphatic rings. The summed E-state index contributed by atoms with van der Waals surface area (Å²) in [6, 6.07) is 0. The van der Waals surface area contributed by atoms with Crippen molar-refractivity contribution in [2.45, 2.75) is 38.7 Å². The van der Waals surface area contributed by atoms with Crippen LogP contribution in [-0.2, 0) is 4.79 Å². The van der Waals surface area contributed by atoms with E-state index in [0.29, 0.717) is 12.5 Å². The van der Waals surface area contributed by atoms with Crippen molar-refractivity contribution >= 4 is 5.91 Å². The molecule has 4 heteroatoms. The molecule has 1 aliphatic carbocycles. The van der Waals surface area contributed by atoms with Crippen LogP contribution in [0.4, 0.5) is 0 Å². The Labute approximate surface area is 98.0 Å². The summed E-state index contributed by atoms with van der Waals surface area (Å²) >= 11 is 0. The van der Waals surface area contributed by atoms with Crippen molar-refractivity contribution in [1.29, 1.82) is 0 Å². The van der Waals surface area contributed by atoms with Crippen molar-refractivity contribution in [3.05, 3.63) is 0 Å². The maximum atomic E-state index is 11.5. The average molecular weight is 228 g/mol. The number of amides is 1. The van der Waals surface area contributed by atoms with Crippen molar-refractivity contribution in [3.8, 4) is 0 Å². The second-order valence-corrected chi connectivity index (χ2v) is 4.71. The zero-order valence-corrected chi connectivity index (χ0v) is 10.4. The highest BCUT2D eigenvalue weighted by atomic mass is 16.3. The van der Waals surface area contributed by atoms with Gasteiger partial charge in [0.15, 0.2) is 0 Å². The summed E-state index contributed by atoms with van der Waals surface area (Å²) in [7, 11) is 1.82. The van der Waals surface area contributed by atoms with Gasteiger partial charge in [0.05, 0.1) is 12.6 Å². The normalized spacial score (nSPS) is 25.4. The first kappa shape index (κ1) is 13.5. The lowest BCUT2D eigenvalue weighted by Gasteiger charge is -2.25. The molecular formula is C12H24N2O2. The molecule has 0 aromatic rings. The van der Waals surface area contributed by atoms with Crippen molar-refractivity contribution in [2.75, 3.05) is 26.7 Å². The minimum Gasteiger partial charge on any atom is -0.393 e. The SMILES string of the molecule is CCN(C)C(=O)CNCC1CCC(O)CC1. The number of aliphatic hydroxyl groups is 1. The summed E-state index contributed by atoms with van der Waals surface area (Å²) in [5.74, 6) is 0.779.